The lowest BCUT2D eigenvalue weighted by Gasteiger charge is -2.36. The van der Waals surface area contributed by atoms with Gasteiger partial charge in [-0.3, -0.25) is 9.69 Å². The van der Waals surface area contributed by atoms with Gasteiger partial charge in [0, 0.05) is 19.5 Å². The summed E-state index contributed by atoms with van der Waals surface area (Å²) < 4.78 is 5.95. The number of nitrogens with zero attached hydrogens (tertiary/aromatic N) is 1. The Kier molecular flexibility index (Phi) is 14.4. The molecule has 0 aromatic rings. The molecule has 0 spiro atoms. The van der Waals surface area contributed by atoms with Crippen molar-refractivity contribution in [3.63, 3.8) is 0 Å². The first-order valence-corrected chi connectivity index (χ1v) is 8.61. The number of hydrogen-bond donors (Lipinski definition) is 1. The SMILES string of the molecule is C.C=CC(C)C(C)CC1CC2CCCN2CO1.CC.CC(=O)O. The van der Waals surface area contributed by atoms with E-state index in [-0.39, 0.29) is 7.43 Å². The van der Waals surface area contributed by atoms with E-state index in [2.05, 4.69) is 31.4 Å². The number of carbonyl (C=O) groups is 1. The van der Waals surface area contributed by atoms with Crippen molar-refractivity contribution in [1.82, 2.24) is 4.90 Å². The molecule has 4 nitrogen and oxygen atoms in total. The van der Waals surface area contributed by atoms with E-state index in [1.54, 1.807) is 0 Å². The maximum absolute atomic E-state index is 9.00. The Hall–Kier alpha value is -0.870. The zero-order valence-electron chi connectivity index (χ0n) is 15.0. The Labute approximate surface area is 143 Å². The molecule has 0 amide bonds. The Balaban J connectivity index is 0. The Morgan fingerprint density at radius 2 is 2.00 bits per heavy atom. The highest BCUT2D eigenvalue weighted by Gasteiger charge is 2.33. The molecule has 0 aromatic carbocycles. The minimum atomic E-state index is -0.833. The summed E-state index contributed by atoms with van der Waals surface area (Å²) in [5, 5.41) is 7.42. The fourth-order valence-electron chi connectivity index (χ4n) is 2.93. The molecule has 4 heteroatoms. The highest BCUT2D eigenvalue weighted by molar-refractivity contribution is 5.62. The van der Waals surface area contributed by atoms with Gasteiger partial charge < -0.3 is 9.84 Å². The normalized spacial score (nSPS) is 25.3. The van der Waals surface area contributed by atoms with Crippen molar-refractivity contribution in [2.75, 3.05) is 13.3 Å². The summed E-state index contributed by atoms with van der Waals surface area (Å²) in [5.41, 5.74) is 0. The van der Waals surface area contributed by atoms with E-state index in [4.69, 9.17) is 14.6 Å². The van der Waals surface area contributed by atoms with E-state index in [1.165, 1.54) is 32.2 Å². The van der Waals surface area contributed by atoms with Crippen LogP contribution in [0, 0.1) is 11.8 Å². The van der Waals surface area contributed by atoms with Crippen molar-refractivity contribution >= 4 is 5.97 Å². The Morgan fingerprint density at radius 1 is 1.43 bits per heavy atom. The number of carboxylic acids is 1. The predicted octanol–water partition coefficient (Wildman–Crippen LogP) is 4.80. The van der Waals surface area contributed by atoms with E-state index in [0.717, 1.165) is 19.7 Å². The van der Waals surface area contributed by atoms with Gasteiger partial charge in [-0.25, -0.2) is 0 Å². The smallest absolute Gasteiger partial charge is 0.300 e. The zero-order chi connectivity index (χ0) is 17.1. The molecular formula is C19H39NO3. The highest BCUT2D eigenvalue weighted by atomic mass is 16.5. The molecule has 0 aliphatic carbocycles. The van der Waals surface area contributed by atoms with Gasteiger partial charge in [-0.2, -0.15) is 0 Å². The average molecular weight is 330 g/mol. The van der Waals surface area contributed by atoms with Crippen LogP contribution in [0.15, 0.2) is 12.7 Å². The van der Waals surface area contributed by atoms with Crippen LogP contribution in [-0.2, 0) is 9.53 Å². The summed E-state index contributed by atoms with van der Waals surface area (Å²) in [7, 11) is 0. The van der Waals surface area contributed by atoms with Crippen LogP contribution < -0.4 is 0 Å². The molecule has 2 heterocycles. The van der Waals surface area contributed by atoms with Crippen molar-refractivity contribution in [1.29, 1.82) is 0 Å². The van der Waals surface area contributed by atoms with Crippen molar-refractivity contribution in [3.05, 3.63) is 12.7 Å². The maximum atomic E-state index is 9.00. The largest absolute Gasteiger partial charge is 0.481 e. The predicted molar refractivity (Wildman–Crippen MR) is 98.6 cm³/mol. The second-order valence-electron chi connectivity index (χ2n) is 6.09. The number of aliphatic carboxylic acids is 1. The van der Waals surface area contributed by atoms with Gasteiger partial charge in [0.15, 0.2) is 0 Å². The molecule has 4 atom stereocenters. The lowest BCUT2D eigenvalue weighted by atomic mass is 9.88. The van der Waals surface area contributed by atoms with E-state index in [1.807, 2.05) is 13.8 Å². The summed E-state index contributed by atoms with van der Waals surface area (Å²) in [6, 6.07) is 0.810. The highest BCUT2D eigenvalue weighted by Crippen LogP contribution is 2.30. The number of carboxylic acid groups (broad SMARTS) is 1. The van der Waals surface area contributed by atoms with E-state index < -0.39 is 5.97 Å². The quantitative estimate of drug-likeness (QED) is 0.753. The summed E-state index contributed by atoms with van der Waals surface area (Å²) in [6.45, 7) is 15.6. The van der Waals surface area contributed by atoms with Crippen LogP contribution in [0.25, 0.3) is 0 Å². The molecule has 2 rings (SSSR count). The molecule has 0 bridgehead atoms. The van der Waals surface area contributed by atoms with Gasteiger partial charge in [0.25, 0.3) is 5.97 Å². The van der Waals surface area contributed by atoms with Crippen molar-refractivity contribution in [2.24, 2.45) is 11.8 Å². The van der Waals surface area contributed by atoms with Gasteiger partial charge in [0.1, 0.15) is 0 Å². The second kappa shape index (κ2) is 13.6. The maximum Gasteiger partial charge on any atom is 0.300 e. The molecule has 138 valence electrons. The minimum Gasteiger partial charge on any atom is -0.481 e. The van der Waals surface area contributed by atoms with Crippen LogP contribution >= 0.6 is 0 Å². The van der Waals surface area contributed by atoms with Gasteiger partial charge in [-0.15, -0.1) is 6.58 Å². The fraction of sp³-hybridized carbons (Fsp3) is 0.842. The molecule has 2 aliphatic heterocycles. The number of ether oxygens (including phenoxy) is 1. The number of rotatable bonds is 4. The van der Waals surface area contributed by atoms with Crippen molar-refractivity contribution < 1.29 is 14.6 Å². The fourth-order valence-corrected chi connectivity index (χ4v) is 2.93. The standard InChI is InChI=1S/C14H25NO.C2H4O2.C2H6.CH4/c1-4-11(2)12(3)8-14-9-13-6-5-7-15(13)10-16-14;1-2(3)4;1-2;/h4,11-14H,1,5-10H2,2-3H3;1H3,(H,3,4);1-2H3;1H4. The topological polar surface area (TPSA) is 49.8 Å². The third-order valence-electron chi connectivity index (χ3n) is 4.41. The Morgan fingerprint density at radius 3 is 2.52 bits per heavy atom. The molecule has 0 saturated carbocycles. The van der Waals surface area contributed by atoms with E-state index in [0.29, 0.717) is 17.9 Å². The van der Waals surface area contributed by atoms with Gasteiger partial charge in [-0.05, 0) is 37.5 Å². The lowest BCUT2D eigenvalue weighted by Crippen LogP contribution is -2.42. The third-order valence-corrected chi connectivity index (χ3v) is 4.41. The third kappa shape index (κ3) is 9.77. The Bertz CT molecular complexity index is 316. The van der Waals surface area contributed by atoms with Gasteiger partial charge in [-0.1, -0.05) is 41.2 Å². The van der Waals surface area contributed by atoms with E-state index >= 15 is 0 Å². The van der Waals surface area contributed by atoms with Crippen LogP contribution in [0.3, 0.4) is 0 Å². The van der Waals surface area contributed by atoms with Crippen molar-refractivity contribution in [3.8, 4) is 0 Å². The van der Waals surface area contributed by atoms with Gasteiger partial charge in [0.05, 0.1) is 12.8 Å². The molecule has 0 aromatic heterocycles. The first kappa shape index (κ1) is 24.4. The summed E-state index contributed by atoms with van der Waals surface area (Å²) >= 11 is 0. The minimum absolute atomic E-state index is 0. The zero-order valence-corrected chi connectivity index (χ0v) is 15.0. The van der Waals surface area contributed by atoms with Crippen LogP contribution in [0.1, 0.15) is 67.7 Å². The molecule has 1 N–H and O–H groups in total. The first-order valence-electron chi connectivity index (χ1n) is 8.61. The lowest BCUT2D eigenvalue weighted by molar-refractivity contribution is -0.134. The van der Waals surface area contributed by atoms with Crippen molar-refractivity contribution in [2.45, 2.75) is 79.9 Å². The van der Waals surface area contributed by atoms with E-state index in [9.17, 15) is 0 Å². The molecule has 0 radical (unpaired) electrons. The van der Waals surface area contributed by atoms with Crippen LogP contribution in [-0.4, -0.2) is 41.4 Å². The number of allylic oxidation sites excluding steroid dienone is 1. The average Bonchev–Trinajstić information content (AvgIpc) is 2.95. The van der Waals surface area contributed by atoms with Crippen LogP contribution in [0.4, 0.5) is 0 Å². The summed E-state index contributed by atoms with van der Waals surface area (Å²) in [4.78, 5) is 11.5. The number of fused-ring (bicyclic) bond motifs is 1. The monoisotopic (exact) mass is 329 g/mol. The second-order valence-corrected chi connectivity index (χ2v) is 6.09. The number of hydrogen-bond acceptors (Lipinski definition) is 3. The molecule has 4 unspecified atom stereocenters. The molecule has 2 aliphatic rings. The molecule has 23 heavy (non-hydrogen) atoms. The van der Waals surface area contributed by atoms with Gasteiger partial charge >= 0.3 is 0 Å². The van der Waals surface area contributed by atoms with Crippen LogP contribution in [0.2, 0.25) is 0 Å². The van der Waals surface area contributed by atoms with Crippen LogP contribution in [0.5, 0.6) is 0 Å². The summed E-state index contributed by atoms with van der Waals surface area (Å²) in [5.74, 6) is 0.459. The first-order chi connectivity index (χ1) is 10.4. The molecule has 2 saturated heterocycles. The summed E-state index contributed by atoms with van der Waals surface area (Å²) in [6.07, 6.45) is 7.72. The van der Waals surface area contributed by atoms with Gasteiger partial charge in [0.2, 0.25) is 0 Å². The molecular weight excluding hydrogens is 290 g/mol. The molecule has 2 fully saturated rings.